The zero-order valence-corrected chi connectivity index (χ0v) is 12.7. The van der Waals surface area contributed by atoms with Crippen molar-refractivity contribution in [2.24, 2.45) is 5.92 Å². The van der Waals surface area contributed by atoms with Crippen molar-refractivity contribution in [2.45, 2.75) is 44.0 Å². The molecule has 19 heavy (non-hydrogen) atoms. The summed E-state index contributed by atoms with van der Waals surface area (Å²) < 4.78 is 27.4. The van der Waals surface area contributed by atoms with Gasteiger partial charge in [0.15, 0.2) is 0 Å². The van der Waals surface area contributed by atoms with Crippen molar-refractivity contribution in [3.63, 3.8) is 0 Å². The van der Waals surface area contributed by atoms with Gasteiger partial charge in [0.1, 0.15) is 0 Å². The summed E-state index contributed by atoms with van der Waals surface area (Å²) in [5.41, 5.74) is 6.88. The summed E-state index contributed by atoms with van der Waals surface area (Å²) in [5, 5.41) is 0.375. The average Bonchev–Trinajstić information content (AvgIpc) is 2.70. The van der Waals surface area contributed by atoms with E-state index < -0.39 is 10.0 Å². The molecule has 0 heterocycles. The van der Waals surface area contributed by atoms with E-state index >= 15 is 0 Å². The molecule has 4 nitrogen and oxygen atoms in total. The third-order valence-electron chi connectivity index (χ3n) is 3.84. The molecule has 1 aromatic carbocycles. The lowest BCUT2D eigenvalue weighted by Crippen LogP contribution is -2.36. The van der Waals surface area contributed by atoms with E-state index in [9.17, 15) is 8.42 Å². The van der Waals surface area contributed by atoms with Crippen molar-refractivity contribution >= 4 is 27.3 Å². The molecule has 0 radical (unpaired) electrons. The summed E-state index contributed by atoms with van der Waals surface area (Å²) in [4.78, 5) is 0.139. The highest BCUT2D eigenvalue weighted by Gasteiger charge is 2.28. The second-order valence-electron chi connectivity index (χ2n) is 5.26. The molecule has 0 aromatic heterocycles. The lowest BCUT2D eigenvalue weighted by atomic mass is 10.1. The first-order valence-electron chi connectivity index (χ1n) is 6.39. The molecule has 3 N–H and O–H groups in total. The number of nitrogens with one attached hydrogen (secondary N) is 1. The predicted molar refractivity (Wildman–Crippen MR) is 77.7 cm³/mol. The molecular weight excluding hydrogens is 284 g/mol. The summed E-state index contributed by atoms with van der Waals surface area (Å²) in [6, 6.07) is 2.92. The monoisotopic (exact) mass is 302 g/mol. The van der Waals surface area contributed by atoms with E-state index in [1.807, 2.05) is 0 Å². The van der Waals surface area contributed by atoms with Crippen molar-refractivity contribution in [3.05, 3.63) is 22.7 Å². The average molecular weight is 303 g/mol. The van der Waals surface area contributed by atoms with Crippen LogP contribution >= 0.6 is 11.6 Å². The van der Waals surface area contributed by atoms with E-state index in [4.69, 9.17) is 17.3 Å². The number of hydrogen-bond acceptors (Lipinski definition) is 3. The van der Waals surface area contributed by atoms with Crippen molar-refractivity contribution in [2.75, 3.05) is 5.73 Å². The number of halogens is 1. The molecule has 1 aliphatic rings. The molecule has 0 spiro atoms. The van der Waals surface area contributed by atoms with Crippen LogP contribution in [0.3, 0.4) is 0 Å². The molecule has 0 bridgehead atoms. The Morgan fingerprint density at radius 2 is 2.05 bits per heavy atom. The largest absolute Gasteiger partial charge is 0.398 e. The maximum absolute atomic E-state index is 12.3. The molecule has 1 aromatic rings. The number of benzene rings is 1. The highest BCUT2D eigenvalue weighted by Crippen LogP contribution is 2.29. The van der Waals surface area contributed by atoms with Gasteiger partial charge in [0, 0.05) is 16.8 Å². The van der Waals surface area contributed by atoms with Gasteiger partial charge >= 0.3 is 0 Å². The minimum atomic E-state index is -3.55. The molecule has 6 heteroatoms. The fraction of sp³-hybridized carbons (Fsp3) is 0.538. The van der Waals surface area contributed by atoms with Crippen LogP contribution in [0.4, 0.5) is 5.69 Å². The minimum absolute atomic E-state index is 0.00584. The van der Waals surface area contributed by atoms with E-state index in [0.717, 1.165) is 19.3 Å². The van der Waals surface area contributed by atoms with Crippen LogP contribution in [-0.4, -0.2) is 14.5 Å². The summed E-state index contributed by atoms with van der Waals surface area (Å²) in [6.45, 7) is 3.83. The van der Waals surface area contributed by atoms with E-state index in [1.54, 1.807) is 6.92 Å². The highest BCUT2D eigenvalue weighted by atomic mass is 35.5. The van der Waals surface area contributed by atoms with Crippen LogP contribution in [0.25, 0.3) is 0 Å². The molecule has 1 fully saturated rings. The third-order valence-corrected chi connectivity index (χ3v) is 5.70. The zero-order chi connectivity index (χ0) is 14.2. The second-order valence-corrected chi connectivity index (χ2v) is 7.38. The van der Waals surface area contributed by atoms with E-state index in [0.29, 0.717) is 22.2 Å². The van der Waals surface area contributed by atoms with Crippen LogP contribution in [0.1, 0.15) is 31.7 Å². The maximum atomic E-state index is 12.3. The number of nitrogen functional groups attached to an aromatic ring is 1. The van der Waals surface area contributed by atoms with Crippen LogP contribution in [-0.2, 0) is 10.0 Å². The highest BCUT2D eigenvalue weighted by molar-refractivity contribution is 7.89. The van der Waals surface area contributed by atoms with Gasteiger partial charge in [0.25, 0.3) is 0 Å². The van der Waals surface area contributed by atoms with Gasteiger partial charge < -0.3 is 5.73 Å². The molecule has 0 aliphatic heterocycles. The Morgan fingerprint density at radius 1 is 1.37 bits per heavy atom. The zero-order valence-electron chi connectivity index (χ0n) is 11.1. The normalized spacial score (nSPS) is 23.7. The Morgan fingerprint density at radius 3 is 2.58 bits per heavy atom. The number of nitrogens with two attached hydrogens (primary N) is 1. The van der Waals surface area contributed by atoms with E-state index in [2.05, 4.69) is 11.6 Å². The van der Waals surface area contributed by atoms with Gasteiger partial charge in [0.2, 0.25) is 10.0 Å². The first-order valence-corrected chi connectivity index (χ1v) is 8.25. The van der Waals surface area contributed by atoms with Gasteiger partial charge in [-0.15, -0.1) is 0 Å². The molecule has 2 atom stereocenters. The van der Waals surface area contributed by atoms with Crippen LogP contribution in [0.15, 0.2) is 17.0 Å². The number of rotatable bonds is 3. The van der Waals surface area contributed by atoms with Gasteiger partial charge in [-0.05, 0) is 43.4 Å². The third kappa shape index (κ3) is 3.04. The Balaban J connectivity index is 2.29. The fourth-order valence-corrected chi connectivity index (χ4v) is 4.15. The van der Waals surface area contributed by atoms with Crippen LogP contribution in [0.5, 0.6) is 0 Å². The molecule has 2 unspecified atom stereocenters. The lowest BCUT2D eigenvalue weighted by Gasteiger charge is -2.18. The van der Waals surface area contributed by atoms with E-state index in [1.165, 1.54) is 12.1 Å². The SMILES string of the molecule is Cc1c(N)cc(S(=O)(=O)NC2CCCC2C)cc1Cl. The number of anilines is 1. The summed E-state index contributed by atoms with van der Waals surface area (Å²) in [7, 11) is -3.55. The van der Waals surface area contributed by atoms with E-state index in [-0.39, 0.29) is 10.9 Å². The molecule has 1 aliphatic carbocycles. The summed E-state index contributed by atoms with van der Waals surface area (Å²) in [6.07, 6.45) is 3.00. The van der Waals surface area contributed by atoms with Crippen LogP contribution in [0.2, 0.25) is 5.02 Å². The Kier molecular flexibility index (Phi) is 4.08. The molecule has 1 saturated carbocycles. The first kappa shape index (κ1) is 14.6. The quantitative estimate of drug-likeness (QED) is 0.843. The smallest absolute Gasteiger partial charge is 0.240 e. The van der Waals surface area contributed by atoms with Crippen molar-refractivity contribution in [1.29, 1.82) is 0 Å². The number of sulfonamides is 1. The summed E-state index contributed by atoms with van der Waals surface area (Å²) in [5.74, 6) is 0.369. The lowest BCUT2D eigenvalue weighted by molar-refractivity contribution is 0.476. The van der Waals surface area contributed by atoms with Crippen molar-refractivity contribution < 1.29 is 8.42 Å². The molecular formula is C13H19ClN2O2S. The standard InChI is InChI=1S/C13H19ClN2O2S/c1-8-4-3-5-13(8)16-19(17,18)10-6-11(14)9(2)12(15)7-10/h6-8,13,16H,3-5,15H2,1-2H3. The maximum Gasteiger partial charge on any atom is 0.240 e. The molecule has 2 rings (SSSR count). The van der Waals surface area contributed by atoms with Crippen LogP contribution < -0.4 is 10.5 Å². The Bertz CT molecular complexity index is 563. The Labute approximate surface area is 119 Å². The van der Waals surface area contributed by atoms with Gasteiger partial charge in [-0.2, -0.15) is 0 Å². The number of hydrogen-bond donors (Lipinski definition) is 2. The molecule has 0 saturated heterocycles. The second kappa shape index (κ2) is 5.31. The van der Waals surface area contributed by atoms with Gasteiger partial charge in [-0.1, -0.05) is 24.9 Å². The van der Waals surface area contributed by atoms with Gasteiger partial charge in [0.05, 0.1) is 4.90 Å². The van der Waals surface area contributed by atoms with Crippen LogP contribution in [0, 0.1) is 12.8 Å². The minimum Gasteiger partial charge on any atom is -0.398 e. The van der Waals surface area contributed by atoms with Crippen molar-refractivity contribution in [3.8, 4) is 0 Å². The molecule has 0 amide bonds. The topological polar surface area (TPSA) is 72.2 Å². The van der Waals surface area contributed by atoms with Crippen molar-refractivity contribution in [1.82, 2.24) is 4.72 Å². The van der Waals surface area contributed by atoms with Gasteiger partial charge in [-0.25, -0.2) is 13.1 Å². The predicted octanol–water partition coefficient (Wildman–Crippen LogP) is 2.70. The Hall–Kier alpha value is -0.780. The van der Waals surface area contributed by atoms with Gasteiger partial charge in [-0.3, -0.25) is 0 Å². The molecule has 106 valence electrons. The summed E-state index contributed by atoms with van der Waals surface area (Å²) >= 11 is 6.00. The fourth-order valence-electron chi connectivity index (χ4n) is 2.42. The first-order chi connectivity index (χ1) is 8.81.